The lowest BCUT2D eigenvalue weighted by Crippen LogP contribution is -2.53. The molecular weight excluding hydrogens is 154 g/mol. The monoisotopic (exact) mass is 171 g/mol. The molecule has 1 aliphatic heterocycles. The van der Waals surface area contributed by atoms with Crippen LogP contribution in [0.5, 0.6) is 0 Å². The van der Waals surface area contributed by atoms with Crippen molar-refractivity contribution in [3.05, 3.63) is 0 Å². The molecule has 0 aromatic rings. The van der Waals surface area contributed by atoms with Crippen LogP contribution in [0, 0.1) is 5.92 Å². The van der Waals surface area contributed by atoms with E-state index in [4.69, 9.17) is 5.11 Å². The number of likely N-dealkylation sites (tertiary alicyclic amines) is 1. The van der Waals surface area contributed by atoms with Gasteiger partial charge in [-0.2, -0.15) is 0 Å². The van der Waals surface area contributed by atoms with Crippen LogP contribution < -0.4 is 0 Å². The fraction of sp³-hybridized carbons (Fsp3) is 0.889. The molecule has 0 spiro atoms. The minimum atomic E-state index is -0.644. The van der Waals surface area contributed by atoms with Gasteiger partial charge in [0.25, 0.3) is 0 Å². The first-order valence-corrected chi connectivity index (χ1v) is 4.62. The zero-order valence-electron chi connectivity index (χ0n) is 7.79. The summed E-state index contributed by atoms with van der Waals surface area (Å²) in [6, 6.07) is 0.561. The Morgan fingerprint density at radius 1 is 1.67 bits per heavy atom. The summed E-state index contributed by atoms with van der Waals surface area (Å²) in [5.41, 5.74) is 0. The predicted molar refractivity (Wildman–Crippen MR) is 47.1 cm³/mol. The zero-order chi connectivity index (χ0) is 9.14. The molecule has 1 N–H and O–H groups in total. The maximum absolute atomic E-state index is 10.5. The summed E-state index contributed by atoms with van der Waals surface area (Å²) in [4.78, 5) is 12.7. The van der Waals surface area contributed by atoms with Gasteiger partial charge in [0.2, 0.25) is 0 Å². The second-order valence-corrected chi connectivity index (χ2v) is 3.63. The Morgan fingerprint density at radius 3 is 2.67 bits per heavy atom. The maximum Gasteiger partial charge on any atom is 0.309 e. The van der Waals surface area contributed by atoms with Crippen molar-refractivity contribution in [3.63, 3.8) is 0 Å². The molecule has 1 rings (SSSR count). The largest absolute Gasteiger partial charge is 0.481 e. The van der Waals surface area contributed by atoms with Crippen LogP contribution in [-0.4, -0.2) is 35.1 Å². The van der Waals surface area contributed by atoms with Gasteiger partial charge in [-0.05, 0) is 13.3 Å². The van der Waals surface area contributed by atoms with E-state index >= 15 is 0 Å². The Bertz CT molecular complexity index is 164. The molecule has 0 radical (unpaired) electrons. The molecule has 0 aromatic carbocycles. The van der Waals surface area contributed by atoms with Gasteiger partial charge in [-0.3, -0.25) is 9.69 Å². The second kappa shape index (κ2) is 3.90. The molecule has 70 valence electrons. The molecule has 0 aliphatic carbocycles. The van der Waals surface area contributed by atoms with Crippen LogP contribution in [-0.2, 0) is 4.79 Å². The van der Waals surface area contributed by atoms with Gasteiger partial charge in [-0.15, -0.1) is 0 Å². The van der Waals surface area contributed by atoms with Gasteiger partial charge >= 0.3 is 5.97 Å². The average Bonchev–Trinajstić information content (AvgIpc) is 1.82. The first-order valence-electron chi connectivity index (χ1n) is 4.62. The van der Waals surface area contributed by atoms with Crippen LogP contribution in [0.4, 0.5) is 0 Å². The molecule has 0 amide bonds. The van der Waals surface area contributed by atoms with Crippen molar-refractivity contribution in [3.8, 4) is 0 Å². The molecular formula is C9H17NO2. The van der Waals surface area contributed by atoms with Crippen molar-refractivity contribution in [2.45, 2.75) is 32.7 Å². The van der Waals surface area contributed by atoms with Gasteiger partial charge in [0, 0.05) is 19.1 Å². The molecule has 3 heteroatoms. The molecule has 0 bridgehead atoms. The first-order chi connectivity index (χ1) is 5.65. The number of aliphatic carboxylic acids is 1. The summed E-state index contributed by atoms with van der Waals surface area (Å²) >= 11 is 0. The van der Waals surface area contributed by atoms with Crippen molar-refractivity contribution >= 4 is 5.97 Å². The summed E-state index contributed by atoms with van der Waals surface area (Å²) in [7, 11) is 0. The van der Waals surface area contributed by atoms with Crippen LogP contribution in [0.15, 0.2) is 0 Å². The van der Waals surface area contributed by atoms with Crippen LogP contribution in [0.25, 0.3) is 0 Å². The van der Waals surface area contributed by atoms with Crippen molar-refractivity contribution in [2.75, 3.05) is 13.1 Å². The molecule has 1 saturated heterocycles. The number of hydrogen-bond acceptors (Lipinski definition) is 2. The Hall–Kier alpha value is -0.570. The normalized spacial score (nSPS) is 21.8. The van der Waals surface area contributed by atoms with E-state index in [1.54, 1.807) is 0 Å². The average molecular weight is 171 g/mol. The number of nitrogens with zero attached hydrogens (tertiary/aromatic N) is 1. The number of carboxylic acids is 1. The molecule has 1 fully saturated rings. The minimum absolute atomic E-state index is 0.107. The highest BCUT2D eigenvalue weighted by molar-refractivity contribution is 5.71. The van der Waals surface area contributed by atoms with Crippen molar-refractivity contribution in [1.29, 1.82) is 0 Å². The van der Waals surface area contributed by atoms with E-state index in [-0.39, 0.29) is 5.92 Å². The van der Waals surface area contributed by atoms with Crippen LogP contribution in [0.2, 0.25) is 0 Å². The SMILES string of the molecule is CCCC(C)N1CC(C(=O)O)C1. The van der Waals surface area contributed by atoms with E-state index in [9.17, 15) is 4.79 Å². The number of carbonyl (C=O) groups is 1. The summed E-state index contributed by atoms with van der Waals surface area (Å²) in [5, 5.41) is 8.64. The lowest BCUT2D eigenvalue weighted by molar-refractivity contribution is -0.148. The van der Waals surface area contributed by atoms with Crippen molar-refractivity contribution in [2.24, 2.45) is 5.92 Å². The third-order valence-corrected chi connectivity index (χ3v) is 2.59. The van der Waals surface area contributed by atoms with Crippen LogP contribution in [0.3, 0.4) is 0 Å². The summed E-state index contributed by atoms with van der Waals surface area (Å²) < 4.78 is 0. The van der Waals surface area contributed by atoms with E-state index in [1.165, 1.54) is 12.8 Å². The molecule has 12 heavy (non-hydrogen) atoms. The maximum atomic E-state index is 10.5. The molecule has 1 aliphatic rings. The first kappa shape index (κ1) is 9.52. The summed E-state index contributed by atoms with van der Waals surface area (Å²) in [6.45, 7) is 5.82. The highest BCUT2D eigenvalue weighted by Crippen LogP contribution is 2.20. The van der Waals surface area contributed by atoms with Crippen LogP contribution >= 0.6 is 0 Å². The Balaban J connectivity index is 2.20. The second-order valence-electron chi connectivity index (χ2n) is 3.63. The zero-order valence-corrected chi connectivity index (χ0v) is 7.79. The molecule has 1 unspecified atom stereocenters. The standard InChI is InChI=1S/C9H17NO2/c1-3-4-7(2)10-5-8(6-10)9(11)12/h7-8H,3-6H2,1-2H3,(H,11,12). The predicted octanol–water partition coefficient (Wildman–Crippen LogP) is 1.19. The minimum Gasteiger partial charge on any atom is -0.481 e. The van der Waals surface area contributed by atoms with Crippen molar-refractivity contribution < 1.29 is 9.90 Å². The number of rotatable bonds is 4. The smallest absolute Gasteiger partial charge is 0.309 e. The van der Waals surface area contributed by atoms with Gasteiger partial charge in [0.1, 0.15) is 0 Å². The fourth-order valence-electron chi connectivity index (χ4n) is 1.63. The van der Waals surface area contributed by atoms with Crippen LogP contribution in [0.1, 0.15) is 26.7 Å². The third kappa shape index (κ3) is 1.97. The molecule has 0 saturated carbocycles. The van der Waals surface area contributed by atoms with Gasteiger partial charge in [0.15, 0.2) is 0 Å². The quantitative estimate of drug-likeness (QED) is 0.690. The third-order valence-electron chi connectivity index (χ3n) is 2.59. The van der Waals surface area contributed by atoms with E-state index in [2.05, 4.69) is 18.7 Å². The van der Waals surface area contributed by atoms with E-state index < -0.39 is 5.97 Å². The fourth-order valence-corrected chi connectivity index (χ4v) is 1.63. The Morgan fingerprint density at radius 2 is 2.25 bits per heavy atom. The van der Waals surface area contributed by atoms with Gasteiger partial charge in [-0.25, -0.2) is 0 Å². The lowest BCUT2D eigenvalue weighted by Gasteiger charge is -2.41. The van der Waals surface area contributed by atoms with Gasteiger partial charge in [-0.1, -0.05) is 13.3 Å². The summed E-state index contributed by atoms with van der Waals surface area (Å²) in [6.07, 6.45) is 2.35. The highest BCUT2D eigenvalue weighted by atomic mass is 16.4. The van der Waals surface area contributed by atoms with E-state index in [0.717, 1.165) is 13.1 Å². The Labute approximate surface area is 73.4 Å². The van der Waals surface area contributed by atoms with Gasteiger partial charge < -0.3 is 5.11 Å². The van der Waals surface area contributed by atoms with E-state index in [1.807, 2.05) is 0 Å². The number of hydrogen-bond donors (Lipinski definition) is 1. The molecule has 3 nitrogen and oxygen atoms in total. The van der Waals surface area contributed by atoms with Crippen molar-refractivity contribution in [1.82, 2.24) is 4.90 Å². The molecule has 1 atom stereocenters. The topological polar surface area (TPSA) is 40.5 Å². The highest BCUT2D eigenvalue weighted by Gasteiger charge is 2.34. The molecule has 0 aromatic heterocycles. The molecule has 1 heterocycles. The Kier molecular flexibility index (Phi) is 3.09. The van der Waals surface area contributed by atoms with E-state index in [0.29, 0.717) is 6.04 Å². The van der Waals surface area contributed by atoms with Gasteiger partial charge in [0.05, 0.1) is 5.92 Å². The lowest BCUT2D eigenvalue weighted by atomic mass is 9.97. The number of carboxylic acid groups (broad SMARTS) is 1. The summed E-state index contributed by atoms with van der Waals surface area (Å²) in [5.74, 6) is -0.751.